The first-order valence-corrected chi connectivity index (χ1v) is 11.6. The van der Waals surface area contributed by atoms with Gasteiger partial charge in [-0.25, -0.2) is 4.98 Å². The number of H-pyrrole nitrogens is 1. The van der Waals surface area contributed by atoms with Gasteiger partial charge in [0.25, 0.3) is 5.91 Å². The number of aromatic nitrogens is 2. The van der Waals surface area contributed by atoms with E-state index < -0.39 is 28.5 Å². The van der Waals surface area contributed by atoms with E-state index in [1.165, 1.54) is 30.5 Å². The molecule has 36 heavy (non-hydrogen) atoms. The van der Waals surface area contributed by atoms with E-state index in [0.29, 0.717) is 5.56 Å². The topological polar surface area (TPSA) is 74.8 Å². The monoisotopic (exact) mass is 551 g/mol. The number of hydrogen-bond donors (Lipinski definition) is 2. The third-order valence-corrected chi connectivity index (χ3v) is 6.05. The summed E-state index contributed by atoms with van der Waals surface area (Å²) in [6, 6.07) is 14.3. The van der Waals surface area contributed by atoms with Gasteiger partial charge in [0.05, 0.1) is 16.3 Å². The van der Waals surface area contributed by atoms with Gasteiger partial charge in [-0.15, -0.1) is 11.6 Å². The number of anilines is 1. The first-order valence-electron chi connectivity index (χ1n) is 10.3. The lowest BCUT2D eigenvalue weighted by atomic mass is 10.1. The lowest BCUT2D eigenvalue weighted by Gasteiger charge is -2.11. The SMILES string of the molecule is O=C(Nc1ccc(Cl)cc1C(=O)c1c[nH]c(-c2ccc(Cl)c(C(F)(F)F)c2)n1)c1cccc(CCl)c1. The second-order valence-corrected chi connectivity index (χ2v) is 8.74. The molecule has 0 aliphatic carbocycles. The fourth-order valence-electron chi connectivity index (χ4n) is 3.42. The van der Waals surface area contributed by atoms with Gasteiger partial charge < -0.3 is 10.3 Å². The van der Waals surface area contributed by atoms with Gasteiger partial charge in [0.1, 0.15) is 11.5 Å². The lowest BCUT2D eigenvalue weighted by Crippen LogP contribution is -2.15. The van der Waals surface area contributed by atoms with Crippen molar-refractivity contribution in [3.8, 4) is 11.4 Å². The Bertz CT molecular complexity index is 1470. The van der Waals surface area contributed by atoms with Crippen molar-refractivity contribution in [3.63, 3.8) is 0 Å². The van der Waals surface area contributed by atoms with Crippen molar-refractivity contribution in [3.05, 3.63) is 105 Å². The van der Waals surface area contributed by atoms with Crippen LogP contribution in [0.25, 0.3) is 11.4 Å². The summed E-state index contributed by atoms with van der Waals surface area (Å²) in [5, 5.41) is 2.47. The van der Waals surface area contributed by atoms with E-state index in [0.717, 1.165) is 17.7 Å². The highest BCUT2D eigenvalue weighted by Gasteiger charge is 2.33. The first-order chi connectivity index (χ1) is 17.1. The highest BCUT2D eigenvalue weighted by molar-refractivity contribution is 6.32. The number of ketones is 1. The van der Waals surface area contributed by atoms with Crippen LogP contribution in [0.2, 0.25) is 10.0 Å². The minimum absolute atomic E-state index is 0.0334. The lowest BCUT2D eigenvalue weighted by molar-refractivity contribution is -0.137. The van der Waals surface area contributed by atoms with Crippen LogP contribution >= 0.6 is 34.8 Å². The summed E-state index contributed by atoms with van der Waals surface area (Å²) in [5.74, 6) is -0.812. The third-order valence-electron chi connectivity index (χ3n) is 5.17. The number of amides is 1. The molecule has 5 nitrogen and oxygen atoms in total. The smallest absolute Gasteiger partial charge is 0.344 e. The molecule has 2 N–H and O–H groups in total. The predicted molar refractivity (Wildman–Crippen MR) is 133 cm³/mol. The van der Waals surface area contributed by atoms with E-state index in [9.17, 15) is 22.8 Å². The Balaban J connectivity index is 1.64. The number of nitrogens with one attached hydrogen (secondary N) is 2. The van der Waals surface area contributed by atoms with Crippen molar-refractivity contribution in [1.29, 1.82) is 0 Å². The molecule has 0 saturated carbocycles. The molecular formula is C25H15Cl3F3N3O2. The fraction of sp³-hybridized carbons (Fsp3) is 0.0800. The summed E-state index contributed by atoms with van der Waals surface area (Å²) >= 11 is 17.6. The summed E-state index contributed by atoms with van der Waals surface area (Å²) in [4.78, 5) is 32.9. The summed E-state index contributed by atoms with van der Waals surface area (Å²) in [7, 11) is 0. The maximum Gasteiger partial charge on any atom is 0.417 e. The molecule has 184 valence electrons. The average Bonchev–Trinajstić information content (AvgIpc) is 3.34. The number of carbonyl (C=O) groups excluding carboxylic acids is 2. The van der Waals surface area contributed by atoms with E-state index in [-0.39, 0.29) is 39.2 Å². The van der Waals surface area contributed by atoms with Crippen molar-refractivity contribution in [2.75, 3.05) is 5.32 Å². The molecule has 0 saturated heterocycles. The fourth-order valence-corrected chi connectivity index (χ4v) is 3.98. The molecule has 0 fully saturated rings. The van der Waals surface area contributed by atoms with E-state index in [1.807, 2.05) is 0 Å². The first kappa shape index (κ1) is 25.8. The molecule has 4 aromatic rings. The second kappa shape index (κ2) is 10.3. The molecule has 0 bridgehead atoms. The van der Waals surface area contributed by atoms with Gasteiger partial charge in [0.15, 0.2) is 0 Å². The highest BCUT2D eigenvalue weighted by atomic mass is 35.5. The van der Waals surface area contributed by atoms with Crippen LogP contribution in [0.5, 0.6) is 0 Å². The Kier molecular flexibility index (Phi) is 7.40. The molecular weight excluding hydrogens is 538 g/mol. The van der Waals surface area contributed by atoms with Gasteiger partial charge in [-0.05, 0) is 54.1 Å². The van der Waals surface area contributed by atoms with Gasteiger partial charge >= 0.3 is 6.18 Å². The maximum absolute atomic E-state index is 13.3. The summed E-state index contributed by atoms with van der Waals surface area (Å²) < 4.78 is 39.7. The van der Waals surface area contributed by atoms with Crippen LogP contribution in [-0.4, -0.2) is 21.7 Å². The van der Waals surface area contributed by atoms with E-state index in [4.69, 9.17) is 34.8 Å². The zero-order chi connectivity index (χ0) is 26.0. The molecule has 0 atom stereocenters. The van der Waals surface area contributed by atoms with Gasteiger partial charge in [0.2, 0.25) is 5.78 Å². The Morgan fingerprint density at radius 2 is 1.78 bits per heavy atom. The van der Waals surface area contributed by atoms with Gasteiger partial charge in [-0.2, -0.15) is 13.2 Å². The van der Waals surface area contributed by atoms with Crippen LogP contribution < -0.4 is 5.32 Å². The van der Waals surface area contributed by atoms with Crippen LogP contribution in [0, 0.1) is 0 Å². The van der Waals surface area contributed by atoms with E-state index in [2.05, 4.69) is 15.3 Å². The number of alkyl halides is 4. The zero-order valence-electron chi connectivity index (χ0n) is 18.1. The highest BCUT2D eigenvalue weighted by Crippen LogP contribution is 2.37. The molecule has 0 unspecified atom stereocenters. The Morgan fingerprint density at radius 1 is 1.00 bits per heavy atom. The number of carbonyl (C=O) groups is 2. The van der Waals surface area contributed by atoms with Crippen molar-refractivity contribution in [2.45, 2.75) is 12.1 Å². The van der Waals surface area contributed by atoms with E-state index in [1.54, 1.807) is 24.3 Å². The largest absolute Gasteiger partial charge is 0.417 e. The molecule has 0 aliphatic rings. The van der Waals surface area contributed by atoms with Crippen molar-refractivity contribution in [2.24, 2.45) is 0 Å². The average molecular weight is 553 g/mol. The Morgan fingerprint density at radius 3 is 2.50 bits per heavy atom. The number of rotatable bonds is 6. The number of aromatic amines is 1. The molecule has 3 aromatic carbocycles. The minimum atomic E-state index is -4.66. The molecule has 1 aromatic heterocycles. The molecule has 0 radical (unpaired) electrons. The normalized spacial score (nSPS) is 11.4. The number of benzene rings is 3. The number of imidazole rings is 1. The Hall–Kier alpha value is -3.33. The third kappa shape index (κ3) is 5.56. The second-order valence-electron chi connectivity index (χ2n) is 7.63. The molecule has 4 rings (SSSR count). The van der Waals surface area contributed by atoms with Crippen LogP contribution in [0.3, 0.4) is 0 Å². The van der Waals surface area contributed by atoms with E-state index >= 15 is 0 Å². The quantitative estimate of drug-likeness (QED) is 0.191. The van der Waals surface area contributed by atoms with Crippen LogP contribution in [0.15, 0.2) is 66.9 Å². The van der Waals surface area contributed by atoms with Gasteiger partial charge in [-0.1, -0.05) is 35.3 Å². The molecule has 0 aliphatic heterocycles. The summed E-state index contributed by atoms with van der Waals surface area (Å²) in [6.45, 7) is 0. The van der Waals surface area contributed by atoms with Crippen molar-refractivity contribution in [1.82, 2.24) is 9.97 Å². The standard InChI is InChI=1S/C25H15Cl3F3N3O2/c26-11-13-2-1-3-15(8-13)24(36)34-20-7-5-16(27)10-17(20)22(35)21-12-32-23(33-21)14-4-6-19(28)18(9-14)25(29,30)31/h1-10,12H,11H2,(H,32,33)(H,34,36). The molecule has 1 heterocycles. The predicted octanol–water partition coefficient (Wildman–Crippen LogP) is 7.62. The van der Waals surface area contributed by atoms with Crippen molar-refractivity contribution >= 4 is 52.2 Å². The number of nitrogens with zero attached hydrogens (tertiary/aromatic N) is 1. The minimum Gasteiger partial charge on any atom is -0.344 e. The van der Waals surface area contributed by atoms with Gasteiger partial charge in [0, 0.05) is 33.8 Å². The number of halogens is 6. The molecule has 11 heteroatoms. The van der Waals surface area contributed by atoms with Gasteiger partial charge in [-0.3, -0.25) is 9.59 Å². The van der Waals surface area contributed by atoms with Crippen LogP contribution in [0.1, 0.15) is 37.5 Å². The van der Waals surface area contributed by atoms with Crippen LogP contribution in [0.4, 0.5) is 18.9 Å². The summed E-state index contributed by atoms with van der Waals surface area (Å²) in [5.41, 5.74) is 0.294. The van der Waals surface area contributed by atoms with Crippen LogP contribution in [-0.2, 0) is 12.1 Å². The number of hydrogen-bond acceptors (Lipinski definition) is 3. The maximum atomic E-state index is 13.3. The Labute approximate surface area is 218 Å². The zero-order valence-corrected chi connectivity index (χ0v) is 20.4. The molecule has 0 spiro atoms. The molecule has 1 amide bonds. The van der Waals surface area contributed by atoms with Crippen molar-refractivity contribution < 1.29 is 22.8 Å². The summed E-state index contributed by atoms with van der Waals surface area (Å²) in [6.07, 6.45) is -3.40.